The number of nitrogens with one attached hydrogen (secondary N) is 1. The van der Waals surface area contributed by atoms with E-state index in [1.807, 2.05) is 19.1 Å². The lowest BCUT2D eigenvalue weighted by molar-refractivity contribution is -0.148. The summed E-state index contributed by atoms with van der Waals surface area (Å²) in [4.78, 5) is 35.6. The van der Waals surface area contributed by atoms with E-state index in [4.69, 9.17) is 5.11 Å². The van der Waals surface area contributed by atoms with Crippen LogP contribution in [0.3, 0.4) is 0 Å². The Hall–Kier alpha value is -2.15. The lowest BCUT2D eigenvalue weighted by Crippen LogP contribution is -2.41. The first-order valence-electron chi connectivity index (χ1n) is 5.77. The zero-order valence-electron chi connectivity index (χ0n) is 11.1. The Kier molecular flexibility index (Phi) is 5.92. The molecule has 0 radical (unpaired) electrons. The van der Waals surface area contributed by atoms with Crippen LogP contribution < -0.4 is 5.32 Å². The second-order valence-corrected chi connectivity index (χ2v) is 5.28. The van der Waals surface area contributed by atoms with E-state index in [2.05, 4.69) is 10.1 Å². The minimum Gasteiger partial charge on any atom is -0.480 e. The maximum absolute atomic E-state index is 11.6. The summed E-state index contributed by atoms with van der Waals surface area (Å²) in [6.45, 7) is 1.94. The molecule has 0 saturated carbocycles. The van der Waals surface area contributed by atoms with Crippen molar-refractivity contribution in [2.24, 2.45) is 0 Å². The summed E-state index contributed by atoms with van der Waals surface area (Å²) in [6, 6.07) is 2.47. The molecule has 0 aliphatic carbocycles. The first kappa shape index (κ1) is 15.9. The minimum atomic E-state index is -1.30. The number of rotatable bonds is 6. The van der Waals surface area contributed by atoms with Gasteiger partial charge in [0, 0.05) is 15.8 Å². The molecule has 0 aromatic carbocycles. The standard InChI is InChI=1S/C13H15NO5S/c1-8-3-4-9(20-8)5-6-11(15)14-10(13(17)18)7-12(16)19-2/h3-6,10H,7H2,1-2H3,(H,14,15)(H,17,18)/t10-/m0/s1. The van der Waals surface area contributed by atoms with Crippen molar-refractivity contribution in [3.8, 4) is 0 Å². The fraction of sp³-hybridized carbons (Fsp3) is 0.308. The molecule has 6 nitrogen and oxygen atoms in total. The molecule has 0 unspecified atom stereocenters. The SMILES string of the molecule is COC(=O)C[C@H](NC(=O)C=Cc1ccc(C)s1)C(=O)O. The first-order valence-corrected chi connectivity index (χ1v) is 6.58. The van der Waals surface area contributed by atoms with Crippen LogP contribution in [-0.2, 0) is 19.1 Å². The zero-order chi connectivity index (χ0) is 15.1. The molecule has 0 aliphatic heterocycles. The summed E-state index contributed by atoms with van der Waals surface area (Å²) in [7, 11) is 1.15. The van der Waals surface area contributed by atoms with Crippen LogP contribution in [0.4, 0.5) is 0 Å². The molecule has 0 spiro atoms. The molecule has 1 heterocycles. The van der Waals surface area contributed by atoms with Crippen molar-refractivity contribution in [2.45, 2.75) is 19.4 Å². The smallest absolute Gasteiger partial charge is 0.326 e. The molecule has 7 heteroatoms. The number of hydrogen-bond acceptors (Lipinski definition) is 5. The van der Waals surface area contributed by atoms with Crippen LogP contribution in [0, 0.1) is 6.92 Å². The Balaban J connectivity index is 2.60. The molecule has 1 aromatic rings. The van der Waals surface area contributed by atoms with Crippen molar-refractivity contribution in [3.63, 3.8) is 0 Å². The Bertz CT molecular complexity index is 535. The number of aryl methyl sites for hydroxylation is 1. The van der Waals surface area contributed by atoms with Gasteiger partial charge in [-0.15, -0.1) is 11.3 Å². The van der Waals surface area contributed by atoms with E-state index in [1.54, 1.807) is 6.08 Å². The lowest BCUT2D eigenvalue weighted by Gasteiger charge is -2.11. The highest BCUT2D eigenvalue weighted by atomic mass is 32.1. The van der Waals surface area contributed by atoms with Gasteiger partial charge in [-0.2, -0.15) is 0 Å². The number of carboxylic acid groups (broad SMARTS) is 1. The highest BCUT2D eigenvalue weighted by molar-refractivity contribution is 7.12. The second-order valence-electron chi connectivity index (χ2n) is 3.96. The van der Waals surface area contributed by atoms with Gasteiger partial charge < -0.3 is 15.2 Å². The molecule has 108 valence electrons. The number of esters is 1. The van der Waals surface area contributed by atoms with E-state index >= 15 is 0 Å². The Morgan fingerprint density at radius 1 is 1.45 bits per heavy atom. The molecule has 0 saturated heterocycles. The van der Waals surface area contributed by atoms with Gasteiger partial charge in [-0.05, 0) is 25.1 Å². The number of aliphatic carboxylic acids is 1. The van der Waals surface area contributed by atoms with Crippen LogP contribution in [0.1, 0.15) is 16.2 Å². The van der Waals surface area contributed by atoms with Crippen molar-refractivity contribution in [1.82, 2.24) is 5.32 Å². The minimum absolute atomic E-state index is 0.413. The van der Waals surface area contributed by atoms with E-state index < -0.39 is 30.3 Å². The van der Waals surface area contributed by atoms with Crippen LogP contribution >= 0.6 is 11.3 Å². The fourth-order valence-corrected chi connectivity index (χ4v) is 2.15. The number of methoxy groups -OCH3 is 1. The van der Waals surface area contributed by atoms with Gasteiger partial charge in [0.25, 0.3) is 0 Å². The normalized spacial score (nSPS) is 12.1. The van der Waals surface area contributed by atoms with Gasteiger partial charge in [0.15, 0.2) is 0 Å². The second kappa shape index (κ2) is 7.44. The van der Waals surface area contributed by atoms with Crippen LogP contribution in [-0.4, -0.2) is 36.1 Å². The summed E-state index contributed by atoms with van der Waals surface area (Å²) < 4.78 is 4.37. The molecule has 1 aromatic heterocycles. The summed E-state index contributed by atoms with van der Waals surface area (Å²) in [5, 5.41) is 11.1. The number of amides is 1. The molecule has 0 fully saturated rings. The predicted octanol–water partition coefficient (Wildman–Crippen LogP) is 1.20. The van der Waals surface area contributed by atoms with Gasteiger partial charge >= 0.3 is 11.9 Å². The zero-order valence-corrected chi connectivity index (χ0v) is 11.9. The quantitative estimate of drug-likeness (QED) is 0.608. The summed E-state index contributed by atoms with van der Waals surface area (Å²) >= 11 is 1.51. The Labute approximate surface area is 120 Å². The van der Waals surface area contributed by atoms with Gasteiger partial charge in [-0.3, -0.25) is 9.59 Å². The third-order valence-electron chi connectivity index (χ3n) is 2.37. The van der Waals surface area contributed by atoms with Gasteiger partial charge in [0.05, 0.1) is 13.5 Å². The highest BCUT2D eigenvalue weighted by Crippen LogP contribution is 2.16. The molecular weight excluding hydrogens is 282 g/mol. The van der Waals surface area contributed by atoms with Crippen molar-refractivity contribution < 1.29 is 24.2 Å². The maximum Gasteiger partial charge on any atom is 0.326 e. The third kappa shape index (κ3) is 5.23. The van der Waals surface area contributed by atoms with Crippen LogP contribution in [0.2, 0.25) is 0 Å². The third-order valence-corrected chi connectivity index (χ3v) is 3.34. The topological polar surface area (TPSA) is 92.7 Å². The van der Waals surface area contributed by atoms with Gasteiger partial charge in [0.2, 0.25) is 5.91 Å². The lowest BCUT2D eigenvalue weighted by atomic mass is 10.2. The molecule has 1 amide bonds. The fourth-order valence-electron chi connectivity index (χ4n) is 1.37. The van der Waals surface area contributed by atoms with E-state index in [0.29, 0.717) is 0 Å². The molecule has 2 N–H and O–H groups in total. The van der Waals surface area contributed by atoms with Crippen molar-refractivity contribution in [1.29, 1.82) is 0 Å². The van der Waals surface area contributed by atoms with E-state index in [-0.39, 0.29) is 0 Å². The number of carbonyl (C=O) groups excluding carboxylic acids is 2. The van der Waals surface area contributed by atoms with Crippen LogP contribution in [0.25, 0.3) is 6.08 Å². The number of thiophene rings is 1. The van der Waals surface area contributed by atoms with Gasteiger partial charge in [-0.1, -0.05) is 0 Å². The van der Waals surface area contributed by atoms with Crippen LogP contribution in [0.15, 0.2) is 18.2 Å². The van der Waals surface area contributed by atoms with E-state index in [1.165, 1.54) is 17.4 Å². The number of carbonyl (C=O) groups is 3. The summed E-state index contributed by atoms with van der Waals surface area (Å²) in [6.07, 6.45) is 2.41. The summed E-state index contributed by atoms with van der Waals surface area (Å²) in [5.74, 6) is -2.56. The van der Waals surface area contributed by atoms with Crippen molar-refractivity contribution in [3.05, 3.63) is 28.0 Å². The predicted molar refractivity (Wildman–Crippen MR) is 74.3 cm³/mol. The largest absolute Gasteiger partial charge is 0.480 e. The van der Waals surface area contributed by atoms with Crippen molar-refractivity contribution in [2.75, 3.05) is 7.11 Å². The average Bonchev–Trinajstić information content (AvgIpc) is 2.81. The maximum atomic E-state index is 11.6. The molecule has 0 aliphatic rings. The highest BCUT2D eigenvalue weighted by Gasteiger charge is 2.22. The molecule has 1 rings (SSSR count). The molecular formula is C13H15NO5S. The monoisotopic (exact) mass is 297 g/mol. The van der Waals surface area contributed by atoms with Crippen LogP contribution in [0.5, 0.6) is 0 Å². The summed E-state index contributed by atoms with van der Waals surface area (Å²) in [5.41, 5.74) is 0. The number of hydrogen-bond donors (Lipinski definition) is 2. The Morgan fingerprint density at radius 3 is 2.65 bits per heavy atom. The Morgan fingerprint density at radius 2 is 2.15 bits per heavy atom. The number of ether oxygens (including phenoxy) is 1. The van der Waals surface area contributed by atoms with Gasteiger partial charge in [-0.25, -0.2) is 4.79 Å². The molecule has 20 heavy (non-hydrogen) atoms. The van der Waals surface area contributed by atoms with Gasteiger partial charge in [0.1, 0.15) is 6.04 Å². The van der Waals surface area contributed by atoms with E-state index in [9.17, 15) is 14.4 Å². The first-order chi connectivity index (χ1) is 9.42. The number of carboxylic acids is 1. The molecule has 1 atom stereocenters. The molecule has 0 bridgehead atoms. The average molecular weight is 297 g/mol. The van der Waals surface area contributed by atoms with E-state index in [0.717, 1.165) is 16.9 Å². The van der Waals surface area contributed by atoms with Crippen molar-refractivity contribution >= 4 is 35.3 Å².